The second kappa shape index (κ2) is 5.70. The number of rotatable bonds is 5. The molecule has 1 rings (SSSR count). The summed E-state index contributed by atoms with van der Waals surface area (Å²) in [5.74, 6) is -0.151. The highest BCUT2D eigenvalue weighted by Crippen LogP contribution is 2.21. The fraction of sp³-hybridized carbons (Fsp3) is 0.500. The predicted octanol–water partition coefficient (Wildman–Crippen LogP) is 2.41. The molecular formula is C12H18FNO2. The van der Waals surface area contributed by atoms with E-state index in [1.165, 1.54) is 6.07 Å². The summed E-state index contributed by atoms with van der Waals surface area (Å²) in [5.41, 5.74) is 0.634. The van der Waals surface area contributed by atoms with E-state index in [4.69, 9.17) is 4.74 Å². The van der Waals surface area contributed by atoms with Crippen molar-refractivity contribution < 1.29 is 14.2 Å². The highest BCUT2D eigenvalue weighted by molar-refractivity contribution is 5.48. The van der Waals surface area contributed by atoms with Gasteiger partial charge in [-0.1, -0.05) is 0 Å². The summed E-state index contributed by atoms with van der Waals surface area (Å²) in [7, 11) is 0. The molecule has 3 nitrogen and oxygen atoms in total. The van der Waals surface area contributed by atoms with Crippen LogP contribution in [0.25, 0.3) is 0 Å². The van der Waals surface area contributed by atoms with E-state index in [0.29, 0.717) is 12.3 Å². The van der Waals surface area contributed by atoms with Crippen LogP contribution in [-0.2, 0) is 0 Å². The van der Waals surface area contributed by atoms with Crippen molar-refractivity contribution in [3.63, 3.8) is 0 Å². The summed E-state index contributed by atoms with van der Waals surface area (Å²) in [6.07, 6.45) is -0.491. The molecule has 0 aliphatic carbocycles. The lowest BCUT2D eigenvalue weighted by atomic mass is 10.2. The predicted molar refractivity (Wildman–Crippen MR) is 62.3 cm³/mol. The van der Waals surface area contributed by atoms with Crippen molar-refractivity contribution in [3.05, 3.63) is 24.0 Å². The Labute approximate surface area is 95.2 Å². The lowest BCUT2D eigenvalue weighted by molar-refractivity contribution is 0.178. The third-order valence-electron chi connectivity index (χ3n) is 2.35. The lowest BCUT2D eigenvalue weighted by Gasteiger charge is -2.18. The summed E-state index contributed by atoms with van der Waals surface area (Å²) in [5, 5.41) is 12.3. The lowest BCUT2D eigenvalue weighted by Crippen LogP contribution is -2.27. The quantitative estimate of drug-likeness (QED) is 0.811. The second-order valence-corrected chi connectivity index (χ2v) is 3.75. The van der Waals surface area contributed by atoms with Crippen molar-refractivity contribution >= 4 is 5.69 Å². The van der Waals surface area contributed by atoms with Gasteiger partial charge in [0.15, 0.2) is 11.6 Å². The van der Waals surface area contributed by atoms with E-state index < -0.39 is 11.9 Å². The minimum absolute atomic E-state index is 0.127. The van der Waals surface area contributed by atoms with Crippen LogP contribution in [-0.4, -0.2) is 23.9 Å². The Hall–Kier alpha value is -1.29. The molecule has 1 aromatic carbocycles. The number of aliphatic hydroxyl groups excluding tert-OH is 1. The maximum Gasteiger partial charge on any atom is 0.167 e. The normalized spacial score (nSPS) is 14.3. The summed E-state index contributed by atoms with van der Waals surface area (Å²) < 4.78 is 18.6. The van der Waals surface area contributed by atoms with Crippen LogP contribution >= 0.6 is 0 Å². The zero-order chi connectivity index (χ0) is 12.1. The molecule has 0 aliphatic heterocycles. The van der Waals surface area contributed by atoms with Gasteiger partial charge >= 0.3 is 0 Å². The number of halogens is 1. The molecule has 0 spiro atoms. The molecule has 0 radical (unpaired) electrons. The molecule has 0 saturated carbocycles. The highest BCUT2D eigenvalue weighted by atomic mass is 19.1. The van der Waals surface area contributed by atoms with Crippen LogP contribution in [0.15, 0.2) is 18.2 Å². The first-order chi connectivity index (χ1) is 7.54. The summed E-state index contributed by atoms with van der Waals surface area (Å²) in [6, 6.07) is 4.55. The van der Waals surface area contributed by atoms with Crippen LogP contribution in [0.4, 0.5) is 10.1 Å². The SMILES string of the molecule is CCOc1ccc(NC(C)C(C)O)cc1F. The minimum atomic E-state index is -0.491. The van der Waals surface area contributed by atoms with Gasteiger partial charge in [-0.15, -0.1) is 0 Å². The molecule has 4 heteroatoms. The largest absolute Gasteiger partial charge is 0.491 e. The Kier molecular flexibility index (Phi) is 4.55. The molecular weight excluding hydrogens is 209 g/mol. The molecule has 0 aromatic heterocycles. The van der Waals surface area contributed by atoms with Gasteiger partial charge in [0.05, 0.1) is 12.7 Å². The Morgan fingerprint density at radius 1 is 1.44 bits per heavy atom. The third-order valence-corrected chi connectivity index (χ3v) is 2.35. The molecule has 0 aliphatic rings. The molecule has 0 fully saturated rings. The fourth-order valence-electron chi connectivity index (χ4n) is 1.25. The zero-order valence-corrected chi connectivity index (χ0v) is 9.83. The molecule has 2 N–H and O–H groups in total. The number of benzene rings is 1. The average molecular weight is 227 g/mol. The van der Waals surface area contributed by atoms with E-state index in [0.717, 1.165) is 0 Å². The van der Waals surface area contributed by atoms with Gasteiger partial charge in [0.1, 0.15) is 0 Å². The van der Waals surface area contributed by atoms with Crippen molar-refractivity contribution in [1.82, 2.24) is 0 Å². The molecule has 90 valence electrons. The van der Waals surface area contributed by atoms with Gasteiger partial charge in [-0.25, -0.2) is 4.39 Å². The smallest absolute Gasteiger partial charge is 0.167 e. The van der Waals surface area contributed by atoms with E-state index in [1.807, 2.05) is 6.92 Å². The summed E-state index contributed by atoms with van der Waals surface area (Å²) in [6.45, 7) is 5.76. The van der Waals surface area contributed by atoms with E-state index in [9.17, 15) is 9.50 Å². The third kappa shape index (κ3) is 3.38. The number of hydrogen-bond acceptors (Lipinski definition) is 3. The van der Waals surface area contributed by atoms with E-state index in [1.54, 1.807) is 26.0 Å². The molecule has 0 amide bonds. The average Bonchev–Trinajstić information content (AvgIpc) is 2.22. The monoisotopic (exact) mass is 227 g/mol. The Morgan fingerprint density at radius 3 is 2.62 bits per heavy atom. The van der Waals surface area contributed by atoms with Crippen LogP contribution in [0.2, 0.25) is 0 Å². The molecule has 1 aromatic rings. The molecule has 0 bridgehead atoms. The van der Waals surface area contributed by atoms with Crippen molar-refractivity contribution in [2.24, 2.45) is 0 Å². The van der Waals surface area contributed by atoms with Crippen LogP contribution in [0.5, 0.6) is 5.75 Å². The van der Waals surface area contributed by atoms with Gasteiger partial charge in [-0.2, -0.15) is 0 Å². The first kappa shape index (κ1) is 12.8. The van der Waals surface area contributed by atoms with Gasteiger partial charge in [0, 0.05) is 17.8 Å². The van der Waals surface area contributed by atoms with Gasteiger partial charge < -0.3 is 15.2 Å². The first-order valence-corrected chi connectivity index (χ1v) is 5.41. The number of nitrogens with one attached hydrogen (secondary N) is 1. The summed E-state index contributed by atoms with van der Waals surface area (Å²) in [4.78, 5) is 0. The van der Waals surface area contributed by atoms with Gasteiger partial charge in [-0.05, 0) is 32.9 Å². The van der Waals surface area contributed by atoms with Crippen molar-refractivity contribution in [2.75, 3.05) is 11.9 Å². The molecule has 2 unspecified atom stereocenters. The molecule has 0 saturated heterocycles. The second-order valence-electron chi connectivity index (χ2n) is 3.75. The van der Waals surface area contributed by atoms with Crippen molar-refractivity contribution in [2.45, 2.75) is 32.9 Å². The number of aliphatic hydroxyl groups is 1. The van der Waals surface area contributed by atoms with E-state index in [2.05, 4.69) is 5.32 Å². The van der Waals surface area contributed by atoms with Crippen LogP contribution in [0, 0.1) is 5.82 Å². The van der Waals surface area contributed by atoms with E-state index in [-0.39, 0.29) is 11.8 Å². The van der Waals surface area contributed by atoms with Crippen molar-refractivity contribution in [3.8, 4) is 5.75 Å². The molecule has 0 heterocycles. The van der Waals surface area contributed by atoms with Gasteiger partial charge in [0.2, 0.25) is 0 Å². The van der Waals surface area contributed by atoms with Crippen LogP contribution in [0.1, 0.15) is 20.8 Å². The number of anilines is 1. The van der Waals surface area contributed by atoms with Gasteiger partial charge in [-0.3, -0.25) is 0 Å². The van der Waals surface area contributed by atoms with Crippen LogP contribution < -0.4 is 10.1 Å². The number of hydrogen-bond donors (Lipinski definition) is 2. The first-order valence-electron chi connectivity index (χ1n) is 5.41. The van der Waals surface area contributed by atoms with E-state index >= 15 is 0 Å². The standard InChI is InChI=1S/C12H18FNO2/c1-4-16-12-6-5-10(7-11(12)13)14-8(2)9(3)15/h5-9,14-15H,4H2,1-3H3. The minimum Gasteiger partial charge on any atom is -0.491 e. The maximum absolute atomic E-state index is 13.5. The Balaban J connectivity index is 2.73. The highest BCUT2D eigenvalue weighted by Gasteiger charge is 2.10. The Bertz CT molecular complexity index is 342. The fourth-order valence-corrected chi connectivity index (χ4v) is 1.25. The zero-order valence-electron chi connectivity index (χ0n) is 9.83. The topological polar surface area (TPSA) is 41.5 Å². The maximum atomic E-state index is 13.5. The summed E-state index contributed by atoms with van der Waals surface area (Å²) >= 11 is 0. The van der Waals surface area contributed by atoms with Gasteiger partial charge in [0.25, 0.3) is 0 Å². The molecule has 16 heavy (non-hydrogen) atoms. The van der Waals surface area contributed by atoms with Crippen LogP contribution in [0.3, 0.4) is 0 Å². The van der Waals surface area contributed by atoms with Crippen molar-refractivity contribution in [1.29, 1.82) is 0 Å². The Morgan fingerprint density at radius 2 is 2.12 bits per heavy atom. The number of ether oxygens (including phenoxy) is 1. The molecule has 2 atom stereocenters.